The predicted molar refractivity (Wildman–Crippen MR) is 71.9 cm³/mol. The number of likely N-dealkylation sites (N-methyl/N-ethyl adjacent to an activating group) is 1. The molecule has 1 rings (SSSR count). The summed E-state index contributed by atoms with van der Waals surface area (Å²) < 4.78 is 0. The molecule has 1 heterocycles. The van der Waals surface area contributed by atoms with E-state index in [1.807, 2.05) is 13.1 Å². The fraction of sp³-hybridized carbons (Fsp3) is 0.500. The highest BCUT2D eigenvalue weighted by atomic mass is 16.6. The number of hydrogen-bond donors (Lipinski definition) is 1. The maximum Gasteiger partial charge on any atom is 0.312 e. The van der Waals surface area contributed by atoms with E-state index in [4.69, 9.17) is 5.26 Å². The fourth-order valence-corrected chi connectivity index (χ4v) is 1.40. The van der Waals surface area contributed by atoms with E-state index in [0.29, 0.717) is 12.6 Å². The predicted octanol–water partition coefficient (Wildman–Crippen LogP) is 1.61. The van der Waals surface area contributed by atoms with Crippen LogP contribution in [0.4, 0.5) is 11.5 Å². The van der Waals surface area contributed by atoms with Crippen molar-refractivity contribution in [2.24, 2.45) is 0 Å². The molecular formula is C12H17N5O2. The molecule has 1 N–H and O–H groups in total. The number of pyridine rings is 1. The van der Waals surface area contributed by atoms with Gasteiger partial charge in [-0.2, -0.15) is 5.26 Å². The second-order valence-corrected chi connectivity index (χ2v) is 4.46. The zero-order chi connectivity index (χ0) is 14.4. The van der Waals surface area contributed by atoms with E-state index < -0.39 is 4.92 Å². The van der Waals surface area contributed by atoms with Crippen LogP contribution in [0.5, 0.6) is 0 Å². The van der Waals surface area contributed by atoms with E-state index in [2.05, 4.69) is 29.0 Å². The van der Waals surface area contributed by atoms with E-state index in [1.165, 1.54) is 12.3 Å². The first kappa shape index (κ1) is 14.9. The summed E-state index contributed by atoms with van der Waals surface area (Å²) in [6.45, 7) is 5.44. The highest BCUT2D eigenvalue weighted by Gasteiger charge is 2.16. The van der Waals surface area contributed by atoms with Crippen LogP contribution in [0.2, 0.25) is 0 Å². The third-order valence-electron chi connectivity index (χ3n) is 2.83. The van der Waals surface area contributed by atoms with Gasteiger partial charge < -0.3 is 10.2 Å². The van der Waals surface area contributed by atoms with Gasteiger partial charge in [-0.25, -0.2) is 4.98 Å². The van der Waals surface area contributed by atoms with Crippen LogP contribution in [0.25, 0.3) is 0 Å². The summed E-state index contributed by atoms with van der Waals surface area (Å²) in [6, 6.07) is 3.47. The van der Waals surface area contributed by atoms with E-state index in [-0.39, 0.29) is 17.1 Å². The van der Waals surface area contributed by atoms with E-state index in [9.17, 15) is 10.1 Å². The van der Waals surface area contributed by atoms with Crippen molar-refractivity contribution in [2.75, 3.05) is 25.5 Å². The standard InChI is InChI=1S/C12H17N5O2/c1-9(2)16(3)5-4-14-12-11(17(18)19)6-10(7-13)8-15-12/h6,8-9H,4-5H2,1-3H3,(H,14,15). The third-order valence-corrected chi connectivity index (χ3v) is 2.83. The zero-order valence-corrected chi connectivity index (χ0v) is 11.3. The molecule has 7 nitrogen and oxygen atoms in total. The van der Waals surface area contributed by atoms with Crippen LogP contribution in [0.3, 0.4) is 0 Å². The Morgan fingerprint density at radius 2 is 2.32 bits per heavy atom. The summed E-state index contributed by atoms with van der Waals surface area (Å²) in [6.07, 6.45) is 1.32. The van der Waals surface area contributed by atoms with Crippen molar-refractivity contribution in [3.05, 3.63) is 27.9 Å². The van der Waals surface area contributed by atoms with E-state index >= 15 is 0 Å². The molecule has 102 valence electrons. The Kier molecular flexibility index (Phi) is 5.21. The van der Waals surface area contributed by atoms with Crippen molar-refractivity contribution < 1.29 is 4.92 Å². The van der Waals surface area contributed by atoms with Crippen molar-refractivity contribution in [1.82, 2.24) is 9.88 Å². The minimum atomic E-state index is -0.539. The lowest BCUT2D eigenvalue weighted by atomic mass is 10.2. The normalized spacial score (nSPS) is 10.5. The number of nitrogens with one attached hydrogen (secondary N) is 1. The lowest BCUT2D eigenvalue weighted by Gasteiger charge is -2.20. The van der Waals surface area contributed by atoms with E-state index in [0.717, 1.165) is 6.54 Å². The molecule has 0 radical (unpaired) electrons. The SMILES string of the molecule is CC(C)N(C)CCNc1ncc(C#N)cc1[N+](=O)[O-]. The molecule has 1 aromatic heterocycles. The Hall–Kier alpha value is -2.20. The van der Waals surface area contributed by atoms with Gasteiger partial charge in [0.1, 0.15) is 6.07 Å². The Morgan fingerprint density at radius 3 is 2.84 bits per heavy atom. The molecule has 0 bridgehead atoms. The quantitative estimate of drug-likeness (QED) is 0.619. The Labute approximate surface area is 112 Å². The molecule has 0 fully saturated rings. The van der Waals surface area contributed by atoms with Gasteiger partial charge in [0.2, 0.25) is 5.82 Å². The summed E-state index contributed by atoms with van der Waals surface area (Å²) in [5, 5.41) is 22.5. The second kappa shape index (κ2) is 6.66. The zero-order valence-electron chi connectivity index (χ0n) is 11.3. The molecule has 7 heteroatoms. The van der Waals surface area contributed by atoms with Crippen LogP contribution in [0.1, 0.15) is 19.4 Å². The van der Waals surface area contributed by atoms with Crippen molar-refractivity contribution >= 4 is 11.5 Å². The van der Waals surface area contributed by atoms with Crippen LogP contribution in [-0.2, 0) is 0 Å². The lowest BCUT2D eigenvalue weighted by molar-refractivity contribution is -0.384. The van der Waals surface area contributed by atoms with Gasteiger partial charge in [0, 0.05) is 31.4 Å². The minimum Gasteiger partial charge on any atom is -0.363 e. The topological polar surface area (TPSA) is 95.1 Å². The number of nitrogens with zero attached hydrogens (tertiary/aromatic N) is 4. The molecule has 0 saturated heterocycles. The number of nitriles is 1. The number of hydrogen-bond acceptors (Lipinski definition) is 6. The van der Waals surface area contributed by atoms with Gasteiger partial charge in [-0.3, -0.25) is 10.1 Å². The van der Waals surface area contributed by atoms with Gasteiger partial charge in [-0.15, -0.1) is 0 Å². The van der Waals surface area contributed by atoms with Gasteiger partial charge in [0.25, 0.3) is 0 Å². The van der Waals surface area contributed by atoms with Gasteiger partial charge in [0.15, 0.2) is 0 Å². The highest BCUT2D eigenvalue weighted by Crippen LogP contribution is 2.22. The number of nitro groups is 1. The first-order chi connectivity index (χ1) is 8.95. The average molecular weight is 263 g/mol. The Morgan fingerprint density at radius 1 is 1.63 bits per heavy atom. The van der Waals surface area contributed by atoms with Crippen LogP contribution >= 0.6 is 0 Å². The van der Waals surface area contributed by atoms with Crippen LogP contribution in [0, 0.1) is 21.4 Å². The van der Waals surface area contributed by atoms with Gasteiger partial charge in [0.05, 0.1) is 10.5 Å². The maximum atomic E-state index is 10.9. The van der Waals surface area contributed by atoms with Crippen LogP contribution in [-0.4, -0.2) is 41.0 Å². The van der Waals surface area contributed by atoms with Crippen molar-refractivity contribution in [3.63, 3.8) is 0 Å². The molecule has 0 aliphatic heterocycles. The number of aromatic nitrogens is 1. The van der Waals surface area contributed by atoms with E-state index in [1.54, 1.807) is 0 Å². The second-order valence-electron chi connectivity index (χ2n) is 4.46. The Balaban J connectivity index is 2.73. The van der Waals surface area contributed by atoms with Gasteiger partial charge in [-0.1, -0.05) is 0 Å². The summed E-state index contributed by atoms with van der Waals surface area (Å²) >= 11 is 0. The largest absolute Gasteiger partial charge is 0.363 e. The average Bonchev–Trinajstić information content (AvgIpc) is 2.38. The fourth-order valence-electron chi connectivity index (χ4n) is 1.40. The molecule has 0 unspecified atom stereocenters. The smallest absolute Gasteiger partial charge is 0.312 e. The molecule has 19 heavy (non-hydrogen) atoms. The molecular weight excluding hydrogens is 246 g/mol. The molecule has 0 aromatic carbocycles. The van der Waals surface area contributed by atoms with Gasteiger partial charge in [-0.05, 0) is 20.9 Å². The van der Waals surface area contributed by atoms with Gasteiger partial charge >= 0.3 is 5.69 Å². The molecule has 0 spiro atoms. The number of rotatable bonds is 6. The summed E-state index contributed by atoms with van der Waals surface area (Å²) in [5.41, 5.74) is 0.00259. The highest BCUT2D eigenvalue weighted by molar-refractivity contribution is 5.58. The molecule has 0 amide bonds. The number of anilines is 1. The molecule has 0 saturated carbocycles. The maximum absolute atomic E-state index is 10.9. The third kappa shape index (κ3) is 4.19. The minimum absolute atomic E-state index is 0.175. The van der Waals surface area contributed by atoms with Crippen molar-refractivity contribution in [3.8, 4) is 6.07 Å². The summed E-state index contributed by atoms with van der Waals surface area (Å²) in [4.78, 5) is 16.4. The summed E-state index contributed by atoms with van der Waals surface area (Å²) in [5.74, 6) is 0.196. The van der Waals surface area contributed by atoms with Crippen LogP contribution in [0.15, 0.2) is 12.3 Å². The Bertz CT molecular complexity index is 495. The molecule has 0 aliphatic rings. The van der Waals surface area contributed by atoms with Crippen molar-refractivity contribution in [2.45, 2.75) is 19.9 Å². The molecule has 0 atom stereocenters. The van der Waals surface area contributed by atoms with Crippen molar-refractivity contribution in [1.29, 1.82) is 5.26 Å². The first-order valence-electron chi connectivity index (χ1n) is 5.94. The molecule has 0 aliphatic carbocycles. The summed E-state index contributed by atoms with van der Waals surface area (Å²) in [7, 11) is 1.98. The first-order valence-corrected chi connectivity index (χ1v) is 5.94. The van der Waals surface area contributed by atoms with Crippen LogP contribution < -0.4 is 5.32 Å². The molecule has 1 aromatic rings. The lowest BCUT2D eigenvalue weighted by Crippen LogP contribution is -2.31. The monoisotopic (exact) mass is 263 g/mol.